The number of anilines is 1. The van der Waals surface area contributed by atoms with E-state index in [-0.39, 0.29) is 0 Å². The van der Waals surface area contributed by atoms with Crippen molar-refractivity contribution < 1.29 is 4.74 Å². The summed E-state index contributed by atoms with van der Waals surface area (Å²) < 4.78 is 5.76. The first kappa shape index (κ1) is 11.1. The first-order valence-corrected chi connectivity index (χ1v) is 6.72. The van der Waals surface area contributed by atoms with Crippen molar-refractivity contribution in [1.82, 2.24) is 0 Å². The normalized spacial score (nSPS) is 27.8. The van der Waals surface area contributed by atoms with E-state index in [2.05, 4.69) is 43.0 Å². The lowest BCUT2D eigenvalue weighted by Crippen LogP contribution is -2.54. The Morgan fingerprint density at radius 2 is 2.18 bits per heavy atom. The summed E-state index contributed by atoms with van der Waals surface area (Å²) in [5.74, 6) is 0.605. The van der Waals surface area contributed by atoms with E-state index in [4.69, 9.17) is 4.74 Å². The highest BCUT2D eigenvalue weighted by Gasteiger charge is 2.34. The van der Waals surface area contributed by atoms with Gasteiger partial charge in [-0.2, -0.15) is 0 Å². The Labute approximate surface area is 104 Å². The number of rotatable bonds is 2. The van der Waals surface area contributed by atoms with Crippen molar-refractivity contribution >= 4 is 5.69 Å². The maximum absolute atomic E-state index is 5.76. The number of morpholine rings is 1. The van der Waals surface area contributed by atoms with Crippen molar-refractivity contribution in [3.8, 4) is 0 Å². The third-order valence-corrected chi connectivity index (χ3v) is 4.06. The van der Waals surface area contributed by atoms with Gasteiger partial charge in [0.25, 0.3) is 0 Å². The third-order valence-electron chi connectivity index (χ3n) is 4.06. The lowest BCUT2D eigenvalue weighted by atomic mass is 9.95. The molecule has 4 rings (SSSR count). The van der Waals surface area contributed by atoms with Crippen LogP contribution in [0.25, 0.3) is 0 Å². The topological polar surface area (TPSA) is 12.5 Å². The molecule has 3 aliphatic heterocycles. The van der Waals surface area contributed by atoms with Crippen LogP contribution in [0.4, 0.5) is 5.69 Å². The second-order valence-corrected chi connectivity index (χ2v) is 5.59. The fraction of sp³-hybridized carbons (Fsp3) is 0.600. The molecule has 17 heavy (non-hydrogen) atoms. The van der Waals surface area contributed by atoms with Crippen LogP contribution in [0.15, 0.2) is 24.3 Å². The molecule has 1 aromatic carbocycles. The number of nitrogens with zero attached hydrogens (tertiary/aromatic N) is 1. The van der Waals surface area contributed by atoms with Crippen LogP contribution in [0, 0.1) is 0 Å². The van der Waals surface area contributed by atoms with Gasteiger partial charge in [0.05, 0.1) is 18.8 Å². The van der Waals surface area contributed by atoms with E-state index in [0.717, 1.165) is 13.2 Å². The number of ether oxygens (including phenoxy) is 1. The Bertz CT molecular complexity index is 394. The predicted octanol–water partition coefficient (Wildman–Crippen LogP) is 3.18. The van der Waals surface area contributed by atoms with Crippen LogP contribution in [-0.2, 0) is 4.74 Å². The number of hydrogen-bond donors (Lipinski definition) is 0. The van der Waals surface area contributed by atoms with Gasteiger partial charge in [0.2, 0.25) is 0 Å². The zero-order valence-electron chi connectivity index (χ0n) is 10.7. The van der Waals surface area contributed by atoms with Crippen LogP contribution in [0.5, 0.6) is 0 Å². The second-order valence-electron chi connectivity index (χ2n) is 5.59. The van der Waals surface area contributed by atoms with Crippen LogP contribution in [0.2, 0.25) is 0 Å². The summed E-state index contributed by atoms with van der Waals surface area (Å²) in [5, 5.41) is 0. The lowest BCUT2D eigenvalue weighted by Gasteiger charge is -2.46. The zero-order valence-corrected chi connectivity index (χ0v) is 10.7. The Balaban J connectivity index is 1.86. The van der Waals surface area contributed by atoms with Gasteiger partial charge in [-0.1, -0.05) is 26.0 Å². The summed E-state index contributed by atoms with van der Waals surface area (Å²) in [6, 6.07) is 9.61. The van der Waals surface area contributed by atoms with E-state index in [1.807, 2.05) is 0 Å². The number of fused-ring (bicyclic) bond motifs is 3. The number of benzene rings is 1. The van der Waals surface area contributed by atoms with Crippen molar-refractivity contribution in [1.29, 1.82) is 0 Å². The zero-order chi connectivity index (χ0) is 11.8. The standard InChI is InChI=1S/C15H21NO/c1-11(2)12-4-3-5-13(8-12)16-9-15-7-6-14(16)10-17-15/h3-5,8,11,14-15H,6-7,9-10H2,1-2H3/t14-,15-/m1/s1. The average molecular weight is 231 g/mol. The fourth-order valence-corrected chi connectivity index (χ4v) is 2.93. The minimum Gasteiger partial charge on any atom is -0.374 e. The molecule has 1 aromatic rings. The molecule has 0 aliphatic carbocycles. The number of piperidine rings is 1. The molecule has 0 saturated carbocycles. The fourth-order valence-electron chi connectivity index (χ4n) is 2.93. The van der Waals surface area contributed by atoms with Crippen molar-refractivity contribution in [2.45, 2.75) is 44.8 Å². The summed E-state index contributed by atoms with van der Waals surface area (Å²) in [7, 11) is 0. The molecule has 0 unspecified atom stereocenters. The highest BCUT2D eigenvalue weighted by Crippen LogP contribution is 2.32. The largest absolute Gasteiger partial charge is 0.374 e. The Hall–Kier alpha value is -1.02. The molecule has 3 saturated heterocycles. The van der Waals surface area contributed by atoms with Gasteiger partial charge in [-0.3, -0.25) is 0 Å². The van der Waals surface area contributed by atoms with Gasteiger partial charge in [-0.05, 0) is 36.5 Å². The molecule has 0 spiro atoms. The first-order chi connectivity index (χ1) is 8.24. The summed E-state index contributed by atoms with van der Waals surface area (Å²) in [4.78, 5) is 2.55. The predicted molar refractivity (Wildman–Crippen MR) is 70.6 cm³/mol. The molecule has 2 nitrogen and oxygen atoms in total. The van der Waals surface area contributed by atoms with E-state index in [9.17, 15) is 0 Å². The van der Waals surface area contributed by atoms with Gasteiger partial charge in [0.1, 0.15) is 0 Å². The maximum Gasteiger partial charge on any atom is 0.0751 e. The van der Waals surface area contributed by atoms with E-state index >= 15 is 0 Å². The van der Waals surface area contributed by atoms with Gasteiger partial charge in [0, 0.05) is 12.2 Å². The summed E-state index contributed by atoms with van der Waals surface area (Å²) in [6.45, 7) is 6.50. The third kappa shape index (κ3) is 2.06. The molecular formula is C15H21NO. The van der Waals surface area contributed by atoms with Crippen LogP contribution in [0.1, 0.15) is 38.2 Å². The van der Waals surface area contributed by atoms with Crippen LogP contribution in [0.3, 0.4) is 0 Å². The highest BCUT2D eigenvalue weighted by molar-refractivity contribution is 5.51. The SMILES string of the molecule is CC(C)c1cccc(N2C[C@H]3CC[C@@H]2CO3)c1. The Morgan fingerprint density at radius 1 is 1.29 bits per heavy atom. The highest BCUT2D eigenvalue weighted by atomic mass is 16.5. The average Bonchev–Trinajstić information content (AvgIpc) is 2.40. The molecule has 0 radical (unpaired) electrons. The molecule has 3 fully saturated rings. The summed E-state index contributed by atoms with van der Waals surface area (Å²) >= 11 is 0. The van der Waals surface area contributed by atoms with Crippen molar-refractivity contribution in [3.63, 3.8) is 0 Å². The van der Waals surface area contributed by atoms with Crippen molar-refractivity contribution in [3.05, 3.63) is 29.8 Å². The minimum absolute atomic E-state index is 0.461. The molecule has 92 valence electrons. The maximum atomic E-state index is 5.76. The quantitative estimate of drug-likeness (QED) is 0.775. The molecule has 0 amide bonds. The smallest absolute Gasteiger partial charge is 0.0751 e. The molecular weight excluding hydrogens is 210 g/mol. The molecule has 2 heteroatoms. The van der Waals surface area contributed by atoms with Gasteiger partial charge >= 0.3 is 0 Å². The van der Waals surface area contributed by atoms with Gasteiger partial charge in [0.15, 0.2) is 0 Å². The van der Waals surface area contributed by atoms with Gasteiger partial charge < -0.3 is 9.64 Å². The Morgan fingerprint density at radius 3 is 2.76 bits per heavy atom. The van der Waals surface area contributed by atoms with Crippen LogP contribution >= 0.6 is 0 Å². The minimum atomic E-state index is 0.461. The van der Waals surface area contributed by atoms with Crippen molar-refractivity contribution in [2.24, 2.45) is 0 Å². The molecule has 0 N–H and O–H groups in total. The van der Waals surface area contributed by atoms with E-state index in [1.165, 1.54) is 24.1 Å². The molecule has 0 aromatic heterocycles. The van der Waals surface area contributed by atoms with Gasteiger partial charge in [-0.15, -0.1) is 0 Å². The monoisotopic (exact) mass is 231 g/mol. The van der Waals surface area contributed by atoms with Crippen molar-refractivity contribution in [2.75, 3.05) is 18.1 Å². The first-order valence-electron chi connectivity index (χ1n) is 6.72. The molecule has 2 bridgehead atoms. The van der Waals surface area contributed by atoms with Gasteiger partial charge in [-0.25, -0.2) is 0 Å². The van der Waals surface area contributed by atoms with E-state index in [0.29, 0.717) is 18.1 Å². The number of hydrogen-bond acceptors (Lipinski definition) is 2. The second kappa shape index (κ2) is 4.34. The molecule has 2 atom stereocenters. The van der Waals surface area contributed by atoms with Crippen LogP contribution < -0.4 is 4.90 Å². The molecule has 3 heterocycles. The van der Waals surface area contributed by atoms with E-state index in [1.54, 1.807) is 0 Å². The lowest BCUT2D eigenvalue weighted by molar-refractivity contribution is -0.0225. The Kier molecular flexibility index (Phi) is 2.83. The van der Waals surface area contributed by atoms with E-state index < -0.39 is 0 Å². The summed E-state index contributed by atoms with van der Waals surface area (Å²) in [5.41, 5.74) is 2.82. The van der Waals surface area contributed by atoms with Crippen LogP contribution in [-0.4, -0.2) is 25.3 Å². The summed E-state index contributed by atoms with van der Waals surface area (Å²) in [6.07, 6.45) is 2.99. The molecule has 3 aliphatic rings.